The number of anilines is 3. The summed E-state index contributed by atoms with van der Waals surface area (Å²) in [4.78, 5) is 6.40. The summed E-state index contributed by atoms with van der Waals surface area (Å²) in [6.07, 6.45) is 1.55. The van der Waals surface area contributed by atoms with E-state index in [1.165, 1.54) is 0 Å². The van der Waals surface area contributed by atoms with Crippen molar-refractivity contribution in [2.45, 2.75) is 0 Å². The van der Waals surface area contributed by atoms with E-state index in [-0.39, 0.29) is 0 Å². The number of likely N-dealkylation sites (N-methyl/N-ethyl adjacent to an activating group) is 1. The number of nitriles is 1. The predicted molar refractivity (Wildman–Crippen MR) is 81.3 cm³/mol. The highest BCUT2D eigenvalue weighted by molar-refractivity contribution is 5.57. The topological polar surface area (TPSA) is 89.8 Å². The Morgan fingerprint density at radius 1 is 1.24 bits per heavy atom. The van der Waals surface area contributed by atoms with Gasteiger partial charge in [0, 0.05) is 18.8 Å². The molecule has 0 fully saturated rings. The minimum absolute atomic E-state index is 0.482. The van der Waals surface area contributed by atoms with E-state index in [9.17, 15) is 0 Å². The van der Waals surface area contributed by atoms with Gasteiger partial charge < -0.3 is 15.5 Å². The van der Waals surface area contributed by atoms with Crippen LogP contribution in [-0.2, 0) is 0 Å². The van der Waals surface area contributed by atoms with Crippen LogP contribution in [-0.4, -0.2) is 47.3 Å². The van der Waals surface area contributed by atoms with Gasteiger partial charge in [-0.15, -0.1) is 5.10 Å². The van der Waals surface area contributed by atoms with Crippen LogP contribution in [0.3, 0.4) is 0 Å². The summed E-state index contributed by atoms with van der Waals surface area (Å²) in [6.45, 7) is 1.63. The molecular formula is C14H17N7. The van der Waals surface area contributed by atoms with Gasteiger partial charge in [0.2, 0.25) is 5.95 Å². The first-order valence-electron chi connectivity index (χ1n) is 6.53. The molecule has 7 nitrogen and oxygen atoms in total. The van der Waals surface area contributed by atoms with Gasteiger partial charge in [-0.2, -0.15) is 15.3 Å². The Labute approximate surface area is 123 Å². The van der Waals surface area contributed by atoms with E-state index in [1.807, 2.05) is 26.2 Å². The van der Waals surface area contributed by atoms with Crippen LogP contribution in [0.4, 0.5) is 17.5 Å². The van der Waals surface area contributed by atoms with Crippen molar-refractivity contribution in [3.8, 4) is 6.07 Å². The predicted octanol–water partition coefficient (Wildman–Crippen LogP) is 1.46. The molecule has 0 spiro atoms. The molecule has 0 aliphatic rings. The van der Waals surface area contributed by atoms with Crippen molar-refractivity contribution >= 4 is 17.5 Å². The Morgan fingerprint density at radius 2 is 2.00 bits per heavy atom. The van der Waals surface area contributed by atoms with Crippen molar-refractivity contribution in [3.63, 3.8) is 0 Å². The van der Waals surface area contributed by atoms with E-state index in [4.69, 9.17) is 5.26 Å². The van der Waals surface area contributed by atoms with Gasteiger partial charge in [-0.1, -0.05) is 0 Å². The van der Waals surface area contributed by atoms with Gasteiger partial charge in [0.05, 0.1) is 17.8 Å². The summed E-state index contributed by atoms with van der Waals surface area (Å²) < 4.78 is 0. The summed E-state index contributed by atoms with van der Waals surface area (Å²) >= 11 is 0. The van der Waals surface area contributed by atoms with Crippen LogP contribution in [0.15, 0.2) is 30.5 Å². The van der Waals surface area contributed by atoms with E-state index < -0.39 is 0 Å². The maximum Gasteiger partial charge on any atom is 0.244 e. The molecule has 108 valence electrons. The van der Waals surface area contributed by atoms with Gasteiger partial charge in [-0.3, -0.25) is 0 Å². The van der Waals surface area contributed by atoms with Crippen LogP contribution in [0.5, 0.6) is 0 Å². The fourth-order valence-electron chi connectivity index (χ4n) is 1.61. The van der Waals surface area contributed by atoms with Crippen LogP contribution in [0.2, 0.25) is 0 Å². The van der Waals surface area contributed by atoms with Gasteiger partial charge in [0.15, 0.2) is 5.82 Å². The van der Waals surface area contributed by atoms with Crippen LogP contribution < -0.4 is 10.6 Å². The smallest absolute Gasteiger partial charge is 0.244 e. The fraction of sp³-hybridized carbons (Fsp3) is 0.286. The number of hydrogen-bond acceptors (Lipinski definition) is 7. The van der Waals surface area contributed by atoms with E-state index >= 15 is 0 Å². The Balaban J connectivity index is 1.98. The molecule has 21 heavy (non-hydrogen) atoms. The normalized spacial score (nSPS) is 10.2. The quantitative estimate of drug-likeness (QED) is 0.829. The first kappa shape index (κ1) is 14.7. The molecule has 0 aliphatic heterocycles. The second kappa shape index (κ2) is 7.17. The van der Waals surface area contributed by atoms with Crippen molar-refractivity contribution in [2.75, 3.05) is 37.8 Å². The number of nitrogens with one attached hydrogen (secondary N) is 2. The highest BCUT2D eigenvalue weighted by Crippen LogP contribution is 2.14. The minimum atomic E-state index is 0.482. The highest BCUT2D eigenvalue weighted by Gasteiger charge is 2.01. The molecule has 7 heteroatoms. The Hall–Kier alpha value is -2.72. The molecule has 2 N–H and O–H groups in total. The Bertz CT molecular complexity index is 616. The van der Waals surface area contributed by atoms with Gasteiger partial charge in [-0.05, 0) is 38.4 Å². The van der Waals surface area contributed by atoms with Crippen molar-refractivity contribution < 1.29 is 0 Å². The highest BCUT2D eigenvalue weighted by atomic mass is 15.3. The van der Waals surface area contributed by atoms with E-state index in [0.29, 0.717) is 17.3 Å². The third-order valence-electron chi connectivity index (χ3n) is 2.69. The summed E-state index contributed by atoms with van der Waals surface area (Å²) in [6, 6.07) is 9.20. The molecule has 1 aromatic heterocycles. The van der Waals surface area contributed by atoms with Gasteiger partial charge in [0.1, 0.15) is 0 Å². The SMILES string of the molecule is CN(C)CCNc1nncc(Nc2ccc(C#N)cc2)n1. The minimum Gasteiger partial charge on any atom is -0.352 e. The van der Waals surface area contributed by atoms with Crippen molar-refractivity contribution in [1.29, 1.82) is 5.26 Å². The van der Waals surface area contributed by atoms with Crippen LogP contribution in [0.25, 0.3) is 0 Å². The molecule has 2 rings (SSSR count). The number of aromatic nitrogens is 3. The molecule has 0 bridgehead atoms. The molecule has 0 saturated carbocycles. The van der Waals surface area contributed by atoms with Crippen LogP contribution in [0, 0.1) is 11.3 Å². The van der Waals surface area contributed by atoms with Gasteiger partial charge >= 0.3 is 0 Å². The largest absolute Gasteiger partial charge is 0.352 e. The lowest BCUT2D eigenvalue weighted by Crippen LogP contribution is -2.21. The second-order valence-corrected chi connectivity index (χ2v) is 4.71. The van der Waals surface area contributed by atoms with Crippen LogP contribution in [0.1, 0.15) is 5.56 Å². The molecule has 0 radical (unpaired) electrons. The zero-order valence-electron chi connectivity index (χ0n) is 12.0. The monoisotopic (exact) mass is 283 g/mol. The van der Waals surface area contributed by atoms with Crippen LogP contribution >= 0.6 is 0 Å². The molecule has 0 atom stereocenters. The molecule has 0 saturated heterocycles. The van der Waals surface area contributed by atoms with Crippen molar-refractivity contribution in [1.82, 2.24) is 20.1 Å². The van der Waals surface area contributed by atoms with Gasteiger partial charge in [-0.25, -0.2) is 0 Å². The summed E-state index contributed by atoms with van der Waals surface area (Å²) in [5, 5.41) is 22.8. The molecule has 2 aromatic rings. The maximum absolute atomic E-state index is 8.76. The van der Waals surface area contributed by atoms with Crippen molar-refractivity contribution in [3.05, 3.63) is 36.0 Å². The third kappa shape index (κ3) is 4.71. The fourth-order valence-corrected chi connectivity index (χ4v) is 1.61. The van der Waals surface area contributed by atoms with Gasteiger partial charge in [0.25, 0.3) is 0 Å². The standard InChI is InChI=1S/C14H17N7/c1-21(2)8-7-16-14-19-13(10-17-20-14)18-12-5-3-11(9-15)4-6-12/h3-6,10H,7-8H2,1-2H3,(H2,16,18,19,20). The zero-order valence-corrected chi connectivity index (χ0v) is 12.0. The number of nitrogens with zero attached hydrogens (tertiary/aromatic N) is 5. The third-order valence-corrected chi connectivity index (χ3v) is 2.69. The van der Waals surface area contributed by atoms with E-state index in [1.54, 1.807) is 18.3 Å². The average Bonchev–Trinajstić information content (AvgIpc) is 2.48. The Morgan fingerprint density at radius 3 is 2.67 bits per heavy atom. The number of hydrogen-bond donors (Lipinski definition) is 2. The average molecular weight is 283 g/mol. The molecule has 0 unspecified atom stereocenters. The summed E-state index contributed by atoms with van der Waals surface area (Å²) in [7, 11) is 4.01. The summed E-state index contributed by atoms with van der Waals surface area (Å²) in [5.74, 6) is 1.08. The second-order valence-electron chi connectivity index (χ2n) is 4.71. The van der Waals surface area contributed by atoms with Crippen molar-refractivity contribution in [2.24, 2.45) is 0 Å². The van der Waals surface area contributed by atoms with E-state index in [0.717, 1.165) is 18.8 Å². The Kier molecular flexibility index (Phi) is 5.01. The molecule has 0 amide bonds. The number of benzene rings is 1. The lowest BCUT2D eigenvalue weighted by atomic mass is 10.2. The first-order chi connectivity index (χ1) is 10.2. The molecule has 1 heterocycles. The maximum atomic E-state index is 8.76. The first-order valence-corrected chi connectivity index (χ1v) is 6.53. The lowest BCUT2D eigenvalue weighted by Gasteiger charge is -2.10. The van der Waals surface area contributed by atoms with E-state index in [2.05, 4.69) is 36.8 Å². The zero-order chi connectivity index (χ0) is 15.1. The molecule has 0 aliphatic carbocycles. The lowest BCUT2D eigenvalue weighted by molar-refractivity contribution is 0.425. The number of rotatable bonds is 6. The molecule has 1 aromatic carbocycles. The summed E-state index contributed by atoms with van der Waals surface area (Å²) in [5.41, 5.74) is 1.46. The molecular weight excluding hydrogens is 266 g/mol.